The topological polar surface area (TPSA) is 79.4 Å². The summed E-state index contributed by atoms with van der Waals surface area (Å²) >= 11 is 1.24. The van der Waals surface area contributed by atoms with Gasteiger partial charge in [-0.25, -0.2) is 13.4 Å². The minimum Gasteiger partial charge on any atom is -0.298 e. The smallest absolute Gasteiger partial charge is 0.250 e. The van der Waals surface area contributed by atoms with Gasteiger partial charge in [-0.1, -0.05) is 55.5 Å². The lowest BCUT2D eigenvalue weighted by Crippen LogP contribution is -2.30. The number of benzene rings is 2. The number of aromatic nitrogens is 1. The molecule has 0 spiro atoms. The highest BCUT2D eigenvalue weighted by molar-refractivity contribution is 7.89. The summed E-state index contributed by atoms with van der Waals surface area (Å²) in [4.78, 5) is 16.7. The van der Waals surface area contributed by atoms with Crippen LogP contribution < -0.4 is 5.32 Å². The zero-order chi connectivity index (χ0) is 20.1. The van der Waals surface area contributed by atoms with Gasteiger partial charge in [0.25, 0.3) is 0 Å². The van der Waals surface area contributed by atoms with Crippen molar-refractivity contribution < 1.29 is 13.2 Å². The van der Waals surface area contributed by atoms with E-state index in [9.17, 15) is 13.2 Å². The van der Waals surface area contributed by atoms with Gasteiger partial charge < -0.3 is 0 Å². The second kappa shape index (κ2) is 8.64. The highest BCUT2D eigenvalue weighted by atomic mass is 32.2. The van der Waals surface area contributed by atoms with Crippen LogP contribution in [0.5, 0.6) is 0 Å². The van der Waals surface area contributed by atoms with Crippen LogP contribution in [0.3, 0.4) is 0 Å². The number of hydrogen-bond donors (Lipinski definition) is 1. The molecule has 2 aromatic carbocycles. The van der Waals surface area contributed by atoms with E-state index in [-0.39, 0.29) is 10.8 Å². The van der Waals surface area contributed by atoms with Crippen LogP contribution in [0, 0.1) is 0 Å². The van der Waals surface area contributed by atoms with E-state index >= 15 is 0 Å². The van der Waals surface area contributed by atoms with Crippen LogP contribution in [0.15, 0.2) is 59.5 Å². The molecular weight excluding hydrogens is 394 g/mol. The number of rotatable bonds is 7. The molecule has 3 aromatic rings. The van der Waals surface area contributed by atoms with Gasteiger partial charge in [0.1, 0.15) is 0 Å². The molecule has 0 bridgehead atoms. The summed E-state index contributed by atoms with van der Waals surface area (Å²) in [7, 11) is -3.53. The third kappa shape index (κ3) is 4.46. The first-order valence-electron chi connectivity index (χ1n) is 8.89. The summed E-state index contributed by atoms with van der Waals surface area (Å²) < 4.78 is 27.5. The van der Waals surface area contributed by atoms with Gasteiger partial charge in [0, 0.05) is 19.2 Å². The minimum absolute atomic E-state index is 0.231. The van der Waals surface area contributed by atoms with Crippen molar-refractivity contribution in [3.8, 4) is 0 Å². The van der Waals surface area contributed by atoms with Gasteiger partial charge in [0.05, 0.1) is 15.1 Å². The lowest BCUT2D eigenvalue weighted by atomic mass is 10.2. The molecule has 0 unspecified atom stereocenters. The number of amides is 1. The van der Waals surface area contributed by atoms with Crippen molar-refractivity contribution in [1.82, 2.24) is 9.29 Å². The summed E-state index contributed by atoms with van der Waals surface area (Å²) in [5.74, 6) is -0.293. The number of anilines is 1. The van der Waals surface area contributed by atoms with Crippen LogP contribution in [-0.2, 0) is 14.8 Å². The van der Waals surface area contributed by atoms with Gasteiger partial charge in [-0.3, -0.25) is 10.1 Å². The van der Waals surface area contributed by atoms with Crippen LogP contribution in [0.2, 0.25) is 0 Å². The van der Waals surface area contributed by atoms with Crippen molar-refractivity contribution in [2.45, 2.75) is 18.7 Å². The third-order valence-corrected chi connectivity index (χ3v) is 7.14. The summed E-state index contributed by atoms with van der Waals surface area (Å²) in [5, 5.41) is 3.15. The van der Waals surface area contributed by atoms with E-state index < -0.39 is 10.0 Å². The Morgan fingerprint density at radius 1 is 1.14 bits per heavy atom. The molecule has 1 N–H and O–H groups in total. The standard InChI is InChI=1S/C20H21N3O3S2/c1-3-23(4-2)28(25,26)16-11-12-17-18(14-16)27-20(21-17)22-19(24)13-10-15-8-6-5-7-9-15/h5-14H,3-4H2,1-2H3,(H,21,22,24). The molecular formula is C20H21N3O3S2. The summed E-state index contributed by atoms with van der Waals surface area (Å²) in [5.41, 5.74) is 1.57. The molecule has 1 amide bonds. The molecule has 0 aliphatic heterocycles. The molecule has 0 saturated heterocycles. The van der Waals surface area contributed by atoms with Crippen LogP contribution in [0.1, 0.15) is 19.4 Å². The Morgan fingerprint density at radius 3 is 2.54 bits per heavy atom. The minimum atomic E-state index is -3.53. The fraction of sp³-hybridized carbons (Fsp3) is 0.200. The zero-order valence-electron chi connectivity index (χ0n) is 15.6. The largest absolute Gasteiger partial charge is 0.298 e. The molecule has 3 rings (SSSR count). The Hall–Kier alpha value is -2.55. The fourth-order valence-electron chi connectivity index (χ4n) is 2.71. The molecule has 1 heterocycles. The Bertz CT molecular complexity index is 1100. The van der Waals surface area contributed by atoms with E-state index in [2.05, 4.69) is 10.3 Å². The van der Waals surface area contributed by atoms with E-state index in [0.29, 0.717) is 28.4 Å². The highest BCUT2D eigenvalue weighted by Gasteiger charge is 2.22. The maximum Gasteiger partial charge on any atom is 0.250 e. The van der Waals surface area contributed by atoms with Gasteiger partial charge in [-0.2, -0.15) is 4.31 Å². The monoisotopic (exact) mass is 415 g/mol. The number of thiazole rings is 1. The van der Waals surface area contributed by atoms with Crippen molar-refractivity contribution in [3.63, 3.8) is 0 Å². The van der Waals surface area contributed by atoms with Crippen LogP contribution in [0.25, 0.3) is 16.3 Å². The maximum atomic E-state index is 12.7. The van der Waals surface area contributed by atoms with Crippen LogP contribution in [0.4, 0.5) is 5.13 Å². The number of nitrogens with one attached hydrogen (secondary N) is 1. The summed E-state index contributed by atoms with van der Waals surface area (Å²) in [6, 6.07) is 14.3. The first kappa shape index (κ1) is 20.2. The fourth-order valence-corrected chi connectivity index (χ4v) is 5.18. The molecule has 0 saturated carbocycles. The van der Waals surface area contributed by atoms with Gasteiger partial charge in [-0.15, -0.1) is 0 Å². The lowest BCUT2D eigenvalue weighted by molar-refractivity contribution is -0.111. The second-order valence-corrected chi connectivity index (χ2v) is 8.94. The van der Waals surface area contributed by atoms with Gasteiger partial charge in [0.15, 0.2) is 5.13 Å². The van der Waals surface area contributed by atoms with Crippen molar-refractivity contribution in [1.29, 1.82) is 0 Å². The summed E-state index contributed by atoms with van der Waals surface area (Å²) in [6.45, 7) is 4.44. The molecule has 0 atom stereocenters. The molecule has 146 valence electrons. The Morgan fingerprint density at radius 2 is 1.86 bits per heavy atom. The van der Waals surface area contributed by atoms with Crippen molar-refractivity contribution in [2.75, 3.05) is 18.4 Å². The number of carbonyl (C=O) groups excluding carboxylic acids is 1. The highest BCUT2D eigenvalue weighted by Crippen LogP contribution is 2.29. The van der Waals surface area contributed by atoms with Gasteiger partial charge >= 0.3 is 0 Å². The van der Waals surface area contributed by atoms with Crippen molar-refractivity contribution >= 4 is 48.7 Å². The molecule has 0 fully saturated rings. The lowest BCUT2D eigenvalue weighted by Gasteiger charge is -2.18. The number of hydrogen-bond acceptors (Lipinski definition) is 5. The molecule has 6 nitrogen and oxygen atoms in total. The predicted molar refractivity (Wildman–Crippen MR) is 114 cm³/mol. The van der Waals surface area contributed by atoms with Crippen LogP contribution >= 0.6 is 11.3 Å². The SMILES string of the molecule is CCN(CC)S(=O)(=O)c1ccc2nc(NC(=O)C=Cc3ccccc3)sc2c1. The number of sulfonamides is 1. The first-order chi connectivity index (χ1) is 13.4. The average Bonchev–Trinajstić information content (AvgIpc) is 3.09. The van der Waals surface area contributed by atoms with Gasteiger partial charge in [0.2, 0.25) is 15.9 Å². The molecule has 0 aliphatic carbocycles. The molecule has 28 heavy (non-hydrogen) atoms. The van der Waals surface area contributed by atoms with E-state index in [1.165, 1.54) is 21.7 Å². The normalized spacial score (nSPS) is 12.1. The quantitative estimate of drug-likeness (QED) is 0.592. The predicted octanol–water partition coefficient (Wildman–Crippen LogP) is 3.98. The van der Waals surface area contributed by atoms with Gasteiger partial charge in [-0.05, 0) is 29.8 Å². The molecule has 1 aromatic heterocycles. The summed E-state index contributed by atoms with van der Waals surface area (Å²) in [6.07, 6.45) is 3.16. The third-order valence-electron chi connectivity index (χ3n) is 4.16. The Balaban J connectivity index is 1.79. The van der Waals surface area contributed by atoms with E-state index in [1.54, 1.807) is 24.3 Å². The van der Waals surface area contributed by atoms with E-state index in [4.69, 9.17) is 0 Å². The molecule has 0 radical (unpaired) electrons. The van der Waals surface area contributed by atoms with Crippen molar-refractivity contribution in [2.24, 2.45) is 0 Å². The first-order valence-corrected chi connectivity index (χ1v) is 11.1. The average molecular weight is 416 g/mol. The molecule has 0 aliphatic rings. The zero-order valence-corrected chi connectivity index (χ0v) is 17.3. The Kier molecular flexibility index (Phi) is 6.23. The second-order valence-electron chi connectivity index (χ2n) is 5.97. The number of nitrogens with zero attached hydrogens (tertiary/aromatic N) is 2. The number of carbonyl (C=O) groups is 1. The molecule has 8 heteroatoms. The van der Waals surface area contributed by atoms with Crippen LogP contribution in [-0.4, -0.2) is 36.7 Å². The Labute approximate surface area is 168 Å². The number of fused-ring (bicyclic) bond motifs is 1. The maximum absolute atomic E-state index is 12.7. The van der Waals surface area contributed by atoms with Crippen molar-refractivity contribution in [3.05, 3.63) is 60.2 Å². The van der Waals surface area contributed by atoms with E-state index in [1.807, 2.05) is 44.2 Å². The van der Waals surface area contributed by atoms with E-state index in [0.717, 1.165) is 5.56 Å².